The first-order valence-corrected chi connectivity index (χ1v) is 13.2. The number of carbonyl (C=O) groups excluding carboxylic acids is 3. The van der Waals surface area contributed by atoms with Crippen LogP contribution >= 0.6 is 0 Å². The number of aryl methyl sites for hydroxylation is 1. The number of nitrogens with one attached hydrogen (secondary N) is 2. The van der Waals surface area contributed by atoms with E-state index in [2.05, 4.69) is 23.6 Å². The molecule has 0 bridgehead atoms. The summed E-state index contributed by atoms with van der Waals surface area (Å²) in [6, 6.07) is 8.15. The Labute approximate surface area is 216 Å². The molecular weight excluding hydrogens is 454 g/mol. The highest BCUT2D eigenvalue weighted by Gasteiger charge is 2.38. The van der Waals surface area contributed by atoms with Crippen LogP contribution in [0.3, 0.4) is 0 Å². The Morgan fingerprint density at radius 3 is 2.22 bits per heavy atom. The number of alkyl carbamates (subject to hydrolysis) is 1. The van der Waals surface area contributed by atoms with E-state index in [1.807, 2.05) is 38.1 Å². The zero-order valence-corrected chi connectivity index (χ0v) is 22.7. The zero-order valence-electron chi connectivity index (χ0n) is 22.7. The van der Waals surface area contributed by atoms with Crippen molar-refractivity contribution in [3.05, 3.63) is 35.4 Å². The van der Waals surface area contributed by atoms with Crippen molar-refractivity contribution < 1.29 is 19.1 Å². The van der Waals surface area contributed by atoms with Crippen LogP contribution < -0.4 is 10.6 Å². The lowest BCUT2D eigenvalue weighted by molar-refractivity contribution is -0.139. The molecule has 1 aromatic rings. The van der Waals surface area contributed by atoms with Gasteiger partial charge in [-0.3, -0.25) is 14.5 Å². The molecule has 1 aliphatic carbocycles. The molecule has 2 rings (SSSR count). The van der Waals surface area contributed by atoms with E-state index in [0.717, 1.165) is 49.0 Å². The Morgan fingerprint density at radius 2 is 1.72 bits per heavy atom. The topological polar surface area (TPSA) is 87.7 Å². The number of terminal acetylenes is 1. The highest BCUT2D eigenvalue weighted by Crippen LogP contribution is 2.26. The van der Waals surface area contributed by atoms with Gasteiger partial charge < -0.3 is 15.4 Å². The first-order chi connectivity index (χ1) is 17.0. The second kappa shape index (κ2) is 13.3. The molecule has 1 fully saturated rings. The molecule has 0 saturated heterocycles. The van der Waals surface area contributed by atoms with E-state index in [0.29, 0.717) is 12.0 Å². The number of ether oxygens (including phenoxy) is 1. The summed E-state index contributed by atoms with van der Waals surface area (Å²) in [6.07, 6.45) is 11.8. The Morgan fingerprint density at radius 1 is 1.11 bits per heavy atom. The van der Waals surface area contributed by atoms with Gasteiger partial charge in [-0.25, -0.2) is 4.79 Å². The van der Waals surface area contributed by atoms with Crippen molar-refractivity contribution >= 4 is 17.9 Å². The number of hydrogen-bond donors (Lipinski definition) is 2. The van der Waals surface area contributed by atoms with Crippen molar-refractivity contribution in [3.8, 4) is 12.5 Å². The van der Waals surface area contributed by atoms with Crippen LogP contribution in [0.25, 0.3) is 0 Å². The minimum Gasteiger partial charge on any atom is -0.444 e. The fourth-order valence-corrected chi connectivity index (χ4v) is 4.41. The summed E-state index contributed by atoms with van der Waals surface area (Å²) in [4.78, 5) is 41.2. The second-order valence-electron chi connectivity index (χ2n) is 10.7. The second-order valence-corrected chi connectivity index (χ2v) is 10.7. The molecule has 0 aromatic heterocycles. The third-order valence-corrected chi connectivity index (χ3v) is 6.69. The molecule has 7 nitrogen and oxygen atoms in total. The third-order valence-electron chi connectivity index (χ3n) is 6.69. The van der Waals surface area contributed by atoms with Crippen molar-refractivity contribution in [2.75, 3.05) is 0 Å². The number of benzene rings is 1. The first kappa shape index (κ1) is 29.2. The molecule has 0 heterocycles. The SMILES string of the molecule is C#CN(C(=O)C(NC(=O)OC(C)(C)C)C(C)CC)C(C(=O)NC1CCCCC1)c1ccc(CC)cc1. The highest BCUT2D eigenvalue weighted by molar-refractivity contribution is 5.93. The van der Waals surface area contributed by atoms with Gasteiger partial charge in [0.05, 0.1) is 0 Å². The maximum Gasteiger partial charge on any atom is 0.408 e. The molecule has 7 heteroatoms. The Balaban J connectivity index is 2.40. The van der Waals surface area contributed by atoms with E-state index >= 15 is 0 Å². The summed E-state index contributed by atoms with van der Waals surface area (Å²) < 4.78 is 5.39. The molecule has 198 valence electrons. The Hall–Kier alpha value is -3.01. The van der Waals surface area contributed by atoms with Gasteiger partial charge in [0.1, 0.15) is 17.7 Å². The molecular formula is C29H43N3O4. The number of amides is 3. The summed E-state index contributed by atoms with van der Waals surface area (Å²) in [7, 11) is 0. The van der Waals surface area contributed by atoms with E-state index in [4.69, 9.17) is 11.2 Å². The number of hydrogen-bond acceptors (Lipinski definition) is 4. The molecule has 2 N–H and O–H groups in total. The van der Waals surface area contributed by atoms with E-state index in [1.54, 1.807) is 20.8 Å². The quantitative estimate of drug-likeness (QED) is 0.367. The molecule has 3 atom stereocenters. The molecule has 0 spiro atoms. The van der Waals surface area contributed by atoms with Crippen molar-refractivity contribution in [1.29, 1.82) is 0 Å². The molecule has 3 unspecified atom stereocenters. The summed E-state index contributed by atoms with van der Waals surface area (Å²) in [6.45, 7) is 11.1. The summed E-state index contributed by atoms with van der Waals surface area (Å²) in [5.41, 5.74) is 1.03. The number of rotatable bonds is 9. The molecule has 1 saturated carbocycles. The summed E-state index contributed by atoms with van der Waals surface area (Å²) in [5.74, 6) is -1.05. The van der Waals surface area contributed by atoms with Crippen LogP contribution in [0.2, 0.25) is 0 Å². The standard InChI is InChI=1S/C29H43N3O4/c1-8-20(4)24(31-28(35)36-29(5,6)7)27(34)32(10-3)25(22-18-16-21(9-2)17-19-22)26(33)30-23-14-12-11-13-15-23/h3,16-20,23-25H,8-9,11-15H2,1-2,4-7H3,(H,30,33)(H,31,35). The zero-order chi connectivity index (χ0) is 26.9. The van der Waals surface area contributed by atoms with Gasteiger partial charge in [-0.15, -0.1) is 0 Å². The monoisotopic (exact) mass is 497 g/mol. The van der Waals surface area contributed by atoms with Crippen LogP contribution in [0.4, 0.5) is 4.79 Å². The largest absolute Gasteiger partial charge is 0.444 e. The van der Waals surface area contributed by atoms with E-state index in [-0.39, 0.29) is 17.9 Å². The average molecular weight is 498 g/mol. The lowest BCUT2D eigenvalue weighted by Gasteiger charge is -2.33. The molecule has 1 aliphatic rings. The van der Waals surface area contributed by atoms with Crippen molar-refractivity contribution in [2.24, 2.45) is 5.92 Å². The van der Waals surface area contributed by atoms with Crippen molar-refractivity contribution in [1.82, 2.24) is 15.5 Å². The maximum atomic E-state index is 13.8. The Kier molecular flexibility index (Phi) is 10.8. The van der Waals surface area contributed by atoms with Gasteiger partial charge in [-0.2, -0.15) is 0 Å². The lowest BCUT2D eigenvalue weighted by Crippen LogP contribution is -2.54. The summed E-state index contributed by atoms with van der Waals surface area (Å²) in [5, 5.41) is 5.83. The number of carbonyl (C=O) groups is 3. The van der Waals surface area contributed by atoms with E-state index in [1.165, 1.54) is 0 Å². The minimum atomic E-state index is -1.01. The third kappa shape index (κ3) is 8.29. The van der Waals surface area contributed by atoms with Crippen LogP contribution in [0.15, 0.2) is 24.3 Å². The smallest absolute Gasteiger partial charge is 0.408 e. The van der Waals surface area contributed by atoms with Crippen LogP contribution in [0.5, 0.6) is 0 Å². The maximum absolute atomic E-state index is 13.8. The van der Waals surface area contributed by atoms with Crippen molar-refractivity contribution in [3.63, 3.8) is 0 Å². The van der Waals surface area contributed by atoms with E-state index in [9.17, 15) is 14.4 Å². The van der Waals surface area contributed by atoms with Crippen LogP contribution in [0, 0.1) is 18.4 Å². The fraction of sp³-hybridized carbons (Fsp3) is 0.621. The fourth-order valence-electron chi connectivity index (χ4n) is 4.41. The summed E-state index contributed by atoms with van der Waals surface area (Å²) >= 11 is 0. The van der Waals surface area contributed by atoms with Crippen LogP contribution in [-0.4, -0.2) is 40.5 Å². The molecule has 36 heavy (non-hydrogen) atoms. The lowest BCUT2D eigenvalue weighted by atomic mass is 9.93. The number of nitrogens with zero attached hydrogens (tertiary/aromatic N) is 1. The Bertz CT molecular complexity index is 923. The van der Waals surface area contributed by atoms with Gasteiger partial charge in [0.25, 0.3) is 5.91 Å². The van der Waals surface area contributed by atoms with Gasteiger partial charge in [-0.1, -0.05) is 77.1 Å². The van der Waals surface area contributed by atoms with Crippen LogP contribution in [-0.2, 0) is 20.7 Å². The minimum absolute atomic E-state index is 0.0589. The predicted octanol–water partition coefficient (Wildman–Crippen LogP) is 5.10. The van der Waals surface area contributed by atoms with Crippen LogP contribution in [0.1, 0.15) is 97.2 Å². The van der Waals surface area contributed by atoms with Gasteiger partial charge >= 0.3 is 6.09 Å². The van der Waals surface area contributed by atoms with Gasteiger partial charge in [0.2, 0.25) is 5.91 Å². The highest BCUT2D eigenvalue weighted by atomic mass is 16.6. The predicted molar refractivity (Wildman–Crippen MR) is 142 cm³/mol. The van der Waals surface area contributed by atoms with Gasteiger partial charge in [-0.05, 0) is 57.1 Å². The molecule has 1 aromatic carbocycles. The normalized spacial score (nSPS) is 16.7. The first-order valence-electron chi connectivity index (χ1n) is 13.2. The molecule has 0 aliphatic heterocycles. The molecule has 3 amide bonds. The van der Waals surface area contributed by atoms with Gasteiger partial charge in [0.15, 0.2) is 0 Å². The van der Waals surface area contributed by atoms with Gasteiger partial charge in [0, 0.05) is 12.1 Å². The molecule has 0 radical (unpaired) electrons. The average Bonchev–Trinajstić information content (AvgIpc) is 2.84. The van der Waals surface area contributed by atoms with E-state index < -0.39 is 29.7 Å². The van der Waals surface area contributed by atoms with Crippen molar-refractivity contribution in [2.45, 2.75) is 110 Å².